The molecule has 0 aliphatic carbocycles. The fourth-order valence-electron chi connectivity index (χ4n) is 3.16. The summed E-state index contributed by atoms with van der Waals surface area (Å²) in [4.78, 5) is 12.5. The van der Waals surface area contributed by atoms with E-state index in [2.05, 4.69) is 22.3 Å². The Hall–Kier alpha value is -3.38. The quantitative estimate of drug-likeness (QED) is 0.271. The van der Waals surface area contributed by atoms with Crippen LogP contribution < -0.4 is 4.74 Å². The van der Waals surface area contributed by atoms with Crippen LogP contribution in [0.2, 0.25) is 0 Å². The van der Waals surface area contributed by atoms with Gasteiger partial charge >= 0.3 is 0 Å². The minimum atomic E-state index is 0.0672. The van der Waals surface area contributed by atoms with E-state index in [0.717, 1.165) is 22.7 Å². The number of carbonyl (C=O) groups excluding carboxylic acids is 1. The van der Waals surface area contributed by atoms with Crippen LogP contribution in [-0.4, -0.2) is 26.3 Å². The molecule has 0 aliphatic heterocycles. The van der Waals surface area contributed by atoms with Crippen molar-refractivity contribution in [2.75, 3.05) is 5.75 Å². The van der Waals surface area contributed by atoms with Crippen LogP contribution in [0, 0.1) is 6.92 Å². The third-order valence-electron chi connectivity index (χ3n) is 4.86. The molecule has 31 heavy (non-hydrogen) atoms. The molecule has 156 valence electrons. The van der Waals surface area contributed by atoms with Gasteiger partial charge in [0, 0.05) is 5.56 Å². The Morgan fingerprint density at radius 2 is 1.58 bits per heavy atom. The number of benzene rings is 3. The van der Waals surface area contributed by atoms with E-state index in [4.69, 9.17) is 4.74 Å². The summed E-state index contributed by atoms with van der Waals surface area (Å²) in [6.45, 7) is 2.93. The first-order chi connectivity index (χ1) is 15.2. The van der Waals surface area contributed by atoms with Gasteiger partial charge in [-0.25, -0.2) is 0 Å². The third-order valence-corrected chi connectivity index (χ3v) is 5.82. The molecule has 4 rings (SSSR count). The van der Waals surface area contributed by atoms with Gasteiger partial charge in [0.05, 0.1) is 12.3 Å². The van der Waals surface area contributed by atoms with Gasteiger partial charge in [-0.3, -0.25) is 9.36 Å². The molecular formula is C25H23N3O2S. The van der Waals surface area contributed by atoms with Gasteiger partial charge in [-0.05, 0) is 24.1 Å². The van der Waals surface area contributed by atoms with Crippen LogP contribution in [0.15, 0.2) is 90.1 Å². The minimum absolute atomic E-state index is 0.0672. The summed E-state index contributed by atoms with van der Waals surface area (Å²) in [6.07, 6.45) is 0. The van der Waals surface area contributed by atoms with Crippen molar-refractivity contribution in [2.45, 2.75) is 25.2 Å². The molecule has 0 radical (unpaired) electrons. The highest BCUT2D eigenvalue weighted by atomic mass is 32.2. The van der Waals surface area contributed by atoms with Crippen LogP contribution in [0.25, 0.3) is 0 Å². The first-order valence-corrected chi connectivity index (χ1v) is 11.0. The van der Waals surface area contributed by atoms with Gasteiger partial charge in [0.15, 0.2) is 16.8 Å². The predicted octanol–water partition coefficient (Wildman–Crippen LogP) is 5.19. The molecule has 1 heterocycles. The van der Waals surface area contributed by atoms with E-state index in [9.17, 15) is 4.79 Å². The average molecular weight is 430 g/mol. The molecule has 0 amide bonds. The number of thioether (sulfide) groups is 1. The van der Waals surface area contributed by atoms with Crippen molar-refractivity contribution >= 4 is 17.5 Å². The zero-order chi connectivity index (χ0) is 21.5. The number of hydrogen-bond acceptors (Lipinski definition) is 5. The van der Waals surface area contributed by atoms with Crippen LogP contribution in [0.3, 0.4) is 0 Å². The molecule has 0 N–H and O–H groups in total. The number of hydrogen-bond donors (Lipinski definition) is 0. The highest BCUT2D eigenvalue weighted by molar-refractivity contribution is 7.99. The van der Waals surface area contributed by atoms with E-state index >= 15 is 0 Å². The fraction of sp³-hybridized carbons (Fsp3) is 0.160. The van der Waals surface area contributed by atoms with Crippen LogP contribution in [0.4, 0.5) is 0 Å². The van der Waals surface area contributed by atoms with Gasteiger partial charge in [-0.2, -0.15) is 0 Å². The second-order valence-electron chi connectivity index (χ2n) is 7.10. The second-order valence-corrected chi connectivity index (χ2v) is 8.05. The Balaban J connectivity index is 1.53. The predicted molar refractivity (Wildman–Crippen MR) is 123 cm³/mol. The first-order valence-electron chi connectivity index (χ1n) is 10.1. The SMILES string of the molecule is Cc1ccccc1OCc1nnc(SCC(=O)c2ccccc2)n1Cc1ccccc1. The Labute approximate surface area is 186 Å². The van der Waals surface area contributed by atoms with Gasteiger partial charge in [0.2, 0.25) is 0 Å². The summed E-state index contributed by atoms with van der Waals surface area (Å²) in [6, 6.07) is 27.3. The lowest BCUT2D eigenvalue weighted by Gasteiger charge is -2.12. The fourth-order valence-corrected chi connectivity index (χ4v) is 4.01. The van der Waals surface area contributed by atoms with Gasteiger partial charge < -0.3 is 4.74 Å². The van der Waals surface area contributed by atoms with Crippen molar-refractivity contribution < 1.29 is 9.53 Å². The van der Waals surface area contributed by atoms with Crippen LogP contribution >= 0.6 is 11.8 Å². The minimum Gasteiger partial charge on any atom is -0.485 e. The normalized spacial score (nSPS) is 10.7. The number of rotatable bonds is 9. The van der Waals surface area contributed by atoms with E-state index in [-0.39, 0.29) is 5.78 Å². The smallest absolute Gasteiger partial charge is 0.192 e. The second kappa shape index (κ2) is 10.1. The summed E-state index contributed by atoms with van der Waals surface area (Å²) in [5.41, 5.74) is 2.91. The zero-order valence-electron chi connectivity index (χ0n) is 17.3. The molecule has 0 saturated heterocycles. The van der Waals surface area contributed by atoms with Crippen LogP contribution in [0.5, 0.6) is 5.75 Å². The largest absolute Gasteiger partial charge is 0.485 e. The zero-order valence-corrected chi connectivity index (χ0v) is 18.1. The maximum Gasteiger partial charge on any atom is 0.192 e. The topological polar surface area (TPSA) is 57.0 Å². The van der Waals surface area contributed by atoms with E-state index in [1.165, 1.54) is 11.8 Å². The summed E-state index contributed by atoms with van der Waals surface area (Å²) >= 11 is 1.40. The number of nitrogens with zero attached hydrogens (tertiary/aromatic N) is 3. The molecule has 0 spiro atoms. The van der Waals surface area contributed by atoms with Gasteiger partial charge in [0.1, 0.15) is 12.4 Å². The molecule has 0 bridgehead atoms. The van der Waals surface area contributed by atoms with Crippen molar-refractivity contribution in [3.63, 3.8) is 0 Å². The van der Waals surface area contributed by atoms with E-state index in [1.807, 2.05) is 84.3 Å². The molecular weight excluding hydrogens is 406 g/mol. The lowest BCUT2D eigenvalue weighted by molar-refractivity contribution is 0.102. The number of carbonyl (C=O) groups is 1. The lowest BCUT2D eigenvalue weighted by atomic mass is 10.2. The van der Waals surface area contributed by atoms with Crippen LogP contribution in [-0.2, 0) is 13.2 Å². The Bertz CT molecular complexity index is 1140. The molecule has 6 heteroatoms. The third kappa shape index (κ3) is 5.41. The van der Waals surface area contributed by atoms with Crippen molar-refractivity contribution in [3.05, 3.63) is 107 Å². The number of aromatic nitrogens is 3. The molecule has 0 unspecified atom stereocenters. The van der Waals surface area contributed by atoms with E-state index in [1.54, 1.807) is 0 Å². The van der Waals surface area contributed by atoms with Crippen molar-refractivity contribution in [2.24, 2.45) is 0 Å². The summed E-state index contributed by atoms with van der Waals surface area (Å²) in [5, 5.41) is 9.43. The van der Waals surface area contributed by atoms with Crippen LogP contribution in [0.1, 0.15) is 27.3 Å². The average Bonchev–Trinajstić information content (AvgIpc) is 3.19. The molecule has 1 aromatic heterocycles. The van der Waals surface area contributed by atoms with Gasteiger partial charge in [-0.1, -0.05) is 90.6 Å². The summed E-state index contributed by atoms with van der Waals surface area (Å²) in [5.74, 6) is 1.92. The molecule has 4 aromatic rings. The standard InChI is InChI=1S/C25H23N3O2S/c1-19-10-8-9-15-23(19)30-17-24-26-27-25(28(24)16-20-11-4-2-5-12-20)31-18-22(29)21-13-6-3-7-14-21/h2-15H,16-18H2,1H3. The van der Waals surface area contributed by atoms with Crippen molar-refractivity contribution in [1.82, 2.24) is 14.8 Å². The van der Waals surface area contributed by atoms with Gasteiger partial charge in [0.25, 0.3) is 0 Å². The molecule has 0 fully saturated rings. The number of para-hydroxylation sites is 1. The summed E-state index contributed by atoms with van der Waals surface area (Å²) < 4.78 is 8.03. The Morgan fingerprint density at radius 1 is 0.903 bits per heavy atom. The Kier molecular flexibility index (Phi) is 6.79. The van der Waals surface area contributed by atoms with E-state index < -0.39 is 0 Å². The molecule has 0 atom stereocenters. The summed E-state index contributed by atoms with van der Waals surface area (Å²) in [7, 11) is 0. The Morgan fingerprint density at radius 3 is 2.32 bits per heavy atom. The molecule has 3 aromatic carbocycles. The van der Waals surface area contributed by atoms with Crippen molar-refractivity contribution in [1.29, 1.82) is 0 Å². The van der Waals surface area contributed by atoms with Gasteiger partial charge in [-0.15, -0.1) is 10.2 Å². The number of ether oxygens (including phenoxy) is 1. The lowest BCUT2D eigenvalue weighted by Crippen LogP contribution is -2.11. The van der Waals surface area contributed by atoms with Crippen molar-refractivity contribution in [3.8, 4) is 5.75 Å². The molecule has 0 saturated carbocycles. The molecule has 5 nitrogen and oxygen atoms in total. The molecule has 0 aliphatic rings. The van der Waals surface area contributed by atoms with E-state index in [0.29, 0.717) is 29.6 Å². The maximum atomic E-state index is 12.5. The maximum absolute atomic E-state index is 12.5. The first kappa shape index (κ1) is 20.9. The number of ketones is 1. The number of Topliss-reactive ketones (excluding diaryl/α,β-unsaturated/α-hetero) is 1. The number of aryl methyl sites for hydroxylation is 1. The highest BCUT2D eigenvalue weighted by Crippen LogP contribution is 2.22. The monoisotopic (exact) mass is 429 g/mol. The highest BCUT2D eigenvalue weighted by Gasteiger charge is 2.16.